The number of hydrogen-bond acceptors (Lipinski definition) is 7. The highest BCUT2D eigenvalue weighted by molar-refractivity contribution is 5.84. The summed E-state index contributed by atoms with van der Waals surface area (Å²) in [6.45, 7) is 4.16. The van der Waals surface area contributed by atoms with E-state index in [0.717, 1.165) is 74.0 Å². The fourth-order valence-electron chi connectivity index (χ4n) is 6.48. The number of phenols is 1. The molecule has 7 nitrogen and oxygen atoms in total. The molecule has 4 aromatic heterocycles. The van der Waals surface area contributed by atoms with E-state index < -0.39 is 0 Å². The Morgan fingerprint density at radius 1 is 0.367 bits per heavy atom. The van der Waals surface area contributed by atoms with Gasteiger partial charge in [-0.1, -0.05) is 91.0 Å². The van der Waals surface area contributed by atoms with Gasteiger partial charge in [0.2, 0.25) is 0 Å². The van der Waals surface area contributed by atoms with Crippen molar-refractivity contribution in [3.05, 3.63) is 162 Å². The molecular formula is C42H36N6O. The summed E-state index contributed by atoms with van der Waals surface area (Å²) in [5.41, 5.74) is 7.55. The quantitative estimate of drug-likeness (QED) is 0.152. The summed E-state index contributed by atoms with van der Waals surface area (Å²) >= 11 is 0. The minimum absolute atomic E-state index is 0.194. The molecule has 0 spiro atoms. The maximum absolute atomic E-state index is 10.5. The number of aromatic hydroxyl groups is 1. The number of aromatic nitrogens is 4. The van der Waals surface area contributed by atoms with Crippen LogP contribution in [0.25, 0.3) is 43.6 Å². The van der Waals surface area contributed by atoms with Crippen molar-refractivity contribution in [2.24, 2.45) is 0 Å². The molecule has 8 aromatic rings. The van der Waals surface area contributed by atoms with Gasteiger partial charge in [-0.2, -0.15) is 0 Å². The van der Waals surface area contributed by atoms with Crippen molar-refractivity contribution in [1.82, 2.24) is 29.7 Å². The number of benzene rings is 4. The summed E-state index contributed by atoms with van der Waals surface area (Å²) in [5, 5.41) is 14.9. The number of nitrogens with zero attached hydrogens (tertiary/aromatic N) is 6. The molecule has 0 aliphatic heterocycles. The minimum Gasteiger partial charge on any atom is -0.506 e. The predicted octanol–water partition coefficient (Wildman–Crippen LogP) is 8.29. The molecule has 0 saturated carbocycles. The van der Waals surface area contributed by atoms with Crippen molar-refractivity contribution in [1.29, 1.82) is 0 Å². The highest BCUT2D eigenvalue weighted by atomic mass is 16.3. The summed E-state index contributed by atoms with van der Waals surface area (Å²) in [6.07, 6.45) is 0. The van der Waals surface area contributed by atoms with E-state index >= 15 is 0 Å². The van der Waals surface area contributed by atoms with E-state index in [1.807, 2.05) is 54.6 Å². The standard InChI is InChI=1S/C42H36N6O/c49-41-15-7-11-33-19-23-37(46-42(33)41)29-48(28-36-22-18-32-10-3-6-14-40(32)45-36)25-24-47(26-34-20-16-30-8-1-4-12-38(30)43-34)27-35-21-17-31-9-2-5-13-39(31)44-35/h1-23,49H,24-29H2. The van der Waals surface area contributed by atoms with E-state index in [1.165, 1.54) is 0 Å². The Hall–Kier alpha value is -5.76. The fourth-order valence-corrected chi connectivity index (χ4v) is 6.48. The van der Waals surface area contributed by atoms with Gasteiger partial charge in [-0.15, -0.1) is 0 Å². The van der Waals surface area contributed by atoms with Gasteiger partial charge >= 0.3 is 0 Å². The van der Waals surface area contributed by atoms with Gasteiger partial charge in [0.1, 0.15) is 11.3 Å². The molecule has 0 unspecified atom stereocenters. The first-order valence-electron chi connectivity index (χ1n) is 16.7. The zero-order valence-corrected chi connectivity index (χ0v) is 27.2. The van der Waals surface area contributed by atoms with Gasteiger partial charge in [0.25, 0.3) is 0 Å². The van der Waals surface area contributed by atoms with Gasteiger partial charge in [-0.05, 0) is 48.5 Å². The summed E-state index contributed by atoms with van der Waals surface area (Å²) < 4.78 is 0. The average molecular weight is 641 g/mol. The van der Waals surface area contributed by atoms with Gasteiger partial charge in [-0.25, -0.2) is 4.98 Å². The molecule has 49 heavy (non-hydrogen) atoms. The summed E-state index contributed by atoms with van der Waals surface area (Å²) in [5.74, 6) is 0.194. The summed E-state index contributed by atoms with van der Waals surface area (Å²) in [6, 6.07) is 47.2. The molecule has 0 amide bonds. The lowest BCUT2D eigenvalue weighted by Crippen LogP contribution is -2.35. The largest absolute Gasteiger partial charge is 0.506 e. The van der Waals surface area contributed by atoms with Crippen molar-refractivity contribution in [3.8, 4) is 5.75 Å². The van der Waals surface area contributed by atoms with E-state index in [2.05, 4.69) is 88.7 Å². The number of para-hydroxylation sites is 4. The van der Waals surface area contributed by atoms with Crippen LogP contribution in [0.15, 0.2) is 140 Å². The van der Waals surface area contributed by atoms with Crippen molar-refractivity contribution in [3.63, 3.8) is 0 Å². The van der Waals surface area contributed by atoms with Crippen LogP contribution in [0.2, 0.25) is 0 Å². The second kappa shape index (κ2) is 13.8. The lowest BCUT2D eigenvalue weighted by molar-refractivity contribution is 0.178. The lowest BCUT2D eigenvalue weighted by atomic mass is 10.1. The lowest BCUT2D eigenvalue weighted by Gasteiger charge is -2.27. The SMILES string of the molecule is Oc1cccc2ccc(CN(CCN(Cc3ccc4ccccc4n3)Cc3ccc4ccccc4n3)Cc3ccc4ccccc4n3)nc12. The number of phenolic OH excluding ortho intramolecular Hbond substituents is 1. The third kappa shape index (κ3) is 7.09. The summed E-state index contributed by atoms with van der Waals surface area (Å²) in [4.78, 5) is 24.7. The Morgan fingerprint density at radius 2 is 0.735 bits per heavy atom. The molecule has 0 saturated heterocycles. The van der Waals surface area contributed by atoms with Crippen LogP contribution in [-0.4, -0.2) is 47.9 Å². The van der Waals surface area contributed by atoms with E-state index in [0.29, 0.717) is 31.7 Å². The molecule has 240 valence electrons. The maximum atomic E-state index is 10.5. The Kier molecular flexibility index (Phi) is 8.59. The van der Waals surface area contributed by atoms with Crippen molar-refractivity contribution in [2.75, 3.05) is 13.1 Å². The van der Waals surface area contributed by atoms with Gasteiger partial charge in [0, 0.05) is 60.8 Å². The highest BCUT2D eigenvalue weighted by Gasteiger charge is 2.16. The second-order valence-electron chi connectivity index (χ2n) is 12.6. The van der Waals surface area contributed by atoms with Crippen LogP contribution < -0.4 is 0 Å². The van der Waals surface area contributed by atoms with Gasteiger partial charge < -0.3 is 5.11 Å². The minimum atomic E-state index is 0.194. The highest BCUT2D eigenvalue weighted by Crippen LogP contribution is 2.24. The molecule has 4 aromatic carbocycles. The molecule has 4 heterocycles. The topological polar surface area (TPSA) is 78.3 Å². The molecule has 1 N–H and O–H groups in total. The van der Waals surface area contributed by atoms with E-state index in [4.69, 9.17) is 19.9 Å². The first-order chi connectivity index (χ1) is 24.1. The van der Waals surface area contributed by atoms with Crippen LogP contribution >= 0.6 is 0 Å². The third-order valence-electron chi connectivity index (χ3n) is 9.00. The van der Waals surface area contributed by atoms with Gasteiger partial charge in [-0.3, -0.25) is 24.8 Å². The number of pyridine rings is 4. The number of fused-ring (bicyclic) bond motifs is 4. The van der Waals surface area contributed by atoms with E-state index in [1.54, 1.807) is 6.07 Å². The Balaban J connectivity index is 1.09. The van der Waals surface area contributed by atoms with E-state index in [-0.39, 0.29) is 5.75 Å². The monoisotopic (exact) mass is 640 g/mol. The van der Waals surface area contributed by atoms with E-state index in [9.17, 15) is 5.11 Å². The first-order valence-corrected chi connectivity index (χ1v) is 16.7. The summed E-state index contributed by atoms with van der Waals surface area (Å²) in [7, 11) is 0. The zero-order valence-electron chi connectivity index (χ0n) is 27.2. The van der Waals surface area contributed by atoms with Crippen LogP contribution in [-0.2, 0) is 26.2 Å². The Bertz CT molecular complexity index is 2330. The predicted molar refractivity (Wildman–Crippen MR) is 197 cm³/mol. The second-order valence-corrected chi connectivity index (χ2v) is 12.6. The fraction of sp³-hybridized carbons (Fsp3) is 0.143. The van der Waals surface area contributed by atoms with Crippen molar-refractivity contribution < 1.29 is 5.11 Å². The molecule has 0 aliphatic rings. The Labute approximate surface area is 285 Å². The molecule has 7 heteroatoms. The van der Waals surface area contributed by atoms with Crippen LogP contribution in [0.5, 0.6) is 5.75 Å². The maximum Gasteiger partial charge on any atom is 0.141 e. The van der Waals surface area contributed by atoms with Crippen LogP contribution in [0.1, 0.15) is 22.8 Å². The molecule has 0 bridgehead atoms. The molecule has 0 radical (unpaired) electrons. The van der Waals surface area contributed by atoms with Crippen molar-refractivity contribution >= 4 is 43.6 Å². The average Bonchev–Trinajstić information content (AvgIpc) is 3.14. The smallest absolute Gasteiger partial charge is 0.141 e. The molecular weight excluding hydrogens is 605 g/mol. The van der Waals surface area contributed by atoms with Gasteiger partial charge in [0.05, 0.1) is 39.3 Å². The van der Waals surface area contributed by atoms with Gasteiger partial charge in [0.15, 0.2) is 0 Å². The number of hydrogen-bond donors (Lipinski definition) is 1. The van der Waals surface area contributed by atoms with Crippen LogP contribution in [0, 0.1) is 0 Å². The first kappa shape index (κ1) is 30.6. The molecule has 0 aliphatic carbocycles. The van der Waals surface area contributed by atoms with Crippen LogP contribution in [0.4, 0.5) is 0 Å². The zero-order chi connectivity index (χ0) is 33.0. The molecule has 8 rings (SSSR count). The number of rotatable bonds is 11. The molecule has 0 atom stereocenters. The van der Waals surface area contributed by atoms with Crippen molar-refractivity contribution in [2.45, 2.75) is 26.2 Å². The third-order valence-corrected chi connectivity index (χ3v) is 9.00. The molecule has 0 fully saturated rings. The normalized spacial score (nSPS) is 11.8. The Morgan fingerprint density at radius 3 is 1.18 bits per heavy atom. The van der Waals surface area contributed by atoms with Crippen LogP contribution in [0.3, 0.4) is 0 Å².